The van der Waals surface area contributed by atoms with Crippen molar-refractivity contribution >= 4 is 0 Å². The molecule has 0 spiro atoms. The number of rotatable bonds is 15. The Morgan fingerprint density at radius 2 is 0.760 bits per heavy atom. The zero-order chi connectivity index (χ0) is 19.6. The van der Waals surface area contributed by atoms with E-state index in [4.69, 9.17) is 13.7 Å². The summed E-state index contributed by atoms with van der Waals surface area (Å²) in [6, 6.07) is 0. The van der Waals surface area contributed by atoms with Crippen LogP contribution in [0, 0.1) is 0 Å². The molecule has 0 bridgehead atoms. The summed E-state index contributed by atoms with van der Waals surface area (Å²) in [6.45, 7) is 3.63. The highest BCUT2D eigenvalue weighted by atomic mass is 127. The minimum Gasteiger partial charge on any atom is -0.331 e. The van der Waals surface area contributed by atoms with Gasteiger partial charge in [0.1, 0.15) is 20.1 Å². The molecule has 0 rings (SSSR count). The Hall–Kier alpha value is 0.530. The highest BCUT2D eigenvalue weighted by Gasteiger charge is 2.04. The summed E-state index contributed by atoms with van der Waals surface area (Å²) in [5.74, 6) is 0. The van der Waals surface area contributed by atoms with Crippen LogP contribution in [-0.4, -0.2) is 32.2 Å². The Balaban J connectivity index is 0. The van der Waals surface area contributed by atoms with Gasteiger partial charge in [0, 0.05) is 0 Å². The Morgan fingerprint density at radius 1 is 0.520 bits per heavy atom. The molecule has 0 saturated carbocycles. The summed E-state index contributed by atoms with van der Waals surface area (Å²) in [5, 5.41) is 0. The molecule has 0 aliphatic rings. The number of halogens is 1. The molecule has 0 saturated heterocycles. The van der Waals surface area contributed by atoms with Gasteiger partial charge in [0.25, 0.3) is 0 Å². The second-order valence-corrected chi connectivity index (χ2v) is 10.1. The van der Waals surface area contributed by atoms with Crippen LogP contribution in [0.15, 0.2) is 0 Å². The van der Waals surface area contributed by atoms with Gasteiger partial charge in [-0.05, 0) is 12.8 Å². The van der Waals surface area contributed by atoms with Gasteiger partial charge in [0.05, 0.1) is 27.7 Å². The Morgan fingerprint density at radius 3 is 1.00 bits per heavy atom. The Bertz CT molecular complexity index is 259. The maximum absolute atomic E-state index is 8.62. The van der Waals surface area contributed by atoms with Gasteiger partial charge in [-0.3, -0.25) is 13.7 Å². The smallest absolute Gasteiger partial charge is 0.144 e. The average Bonchev–Trinajstić information content (AvgIpc) is 2.45. The Kier molecular flexibility index (Phi) is 19.9. The molecular formula is C19H42INO4. The minimum absolute atomic E-state index is 1.12. The third-order valence-corrected chi connectivity index (χ3v) is 4.18. The summed E-state index contributed by atoms with van der Waals surface area (Å²) < 4.78 is 35.6. The van der Waals surface area contributed by atoms with Crippen LogP contribution in [0.2, 0.25) is 0 Å². The molecule has 0 aromatic carbocycles. The van der Waals surface area contributed by atoms with Gasteiger partial charge >= 0.3 is 0 Å². The molecule has 0 aliphatic heterocycles. The van der Waals surface area contributed by atoms with E-state index in [1.165, 1.54) is 96.4 Å². The van der Waals surface area contributed by atoms with Crippen molar-refractivity contribution in [1.29, 1.82) is 0 Å². The van der Waals surface area contributed by atoms with Crippen molar-refractivity contribution in [2.24, 2.45) is 0 Å². The number of unbranched alkanes of at least 4 members (excludes halogenated alkanes) is 13. The standard InChI is InChI=1S/C19H42N.IO4/c1-5-6-7-8-9-10-11-12-13-14-15-16-17-18-19-20(2,3)4;2-1(3,4)5/h5-19H2,1-4H3;/q+1;-1. The van der Waals surface area contributed by atoms with Gasteiger partial charge in [-0.15, -0.1) is 0 Å². The molecular weight excluding hydrogens is 433 g/mol. The van der Waals surface area contributed by atoms with Crippen LogP contribution in [0.25, 0.3) is 0 Å². The zero-order valence-corrected chi connectivity index (χ0v) is 19.2. The molecule has 25 heavy (non-hydrogen) atoms. The molecule has 6 heteroatoms. The molecule has 0 unspecified atom stereocenters. The summed E-state index contributed by atoms with van der Waals surface area (Å²) in [6.07, 6.45) is 20.4. The van der Waals surface area contributed by atoms with Crippen LogP contribution < -0.4 is 33.8 Å². The van der Waals surface area contributed by atoms with E-state index >= 15 is 0 Å². The topological polar surface area (TPSA) is 92.2 Å². The van der Waals surface area contributed by atoms with E-state index < -0.39 is 20.1 Å². The molecule has 154 valence electrons. The first-order valence-electron chi connectivity index (χ1n) is 9.98. The van der Waals surface area contributed by atoms with Gasteiger partial charge in [0.15, 0.2) is 0 Å². The van der Waals surface area contributed by atoms with Gasteiger partial charge in [-0.2, -0.15) is 0 Å². The summed E-state index contributed by atoms with van der Waals surface area (Å²) >= 11 is -5.94. The largest absolute Gasteiger partial charge is 0.331 e. The zero-order valence-electron chi connectivity index (χ0n) is 17.1. The van der Waals surface area contributed by atoms with Crippen molar-refractivity contribution in [1.82, 2.24) is 0 Å². The van der Waals surface area contributed by atoms with E-state index in [2.05, 4.69) is 28.1 Å². The van der Waals surface area contributed by atoms with Gasteiger partial charge in [-0.1, -0.05) is 84.0 Å². The van der Waals surface area contributed by atoms with E-state index in [0.717, 1.165) is 4.48 Å². The van der Waals surface area contributed by atoms with E-state index in [9.17, 15) is 0 Å². The lowest BCUT2D eigenvalue weighted by Gasteiger charge is -2.23. The fourth-order valence-corrected chi connectivity index (χ4v) is 2.78. The first-order valence-corrected chi connectivity index (χ1v) is 13.5. The summed E-state index contributed by atoms with van der Waals surface area (Å²) in [5.41, 5.74) is 0. The van der Waals surface area contributed by atoms with E-state index in [1.807, 2.05) is 0 Å². The van der Waals surface area contributed by atoms with Gasteiger partial charge in [-0.25, -0.2) is 0 Å². The van der Waals surface area contributed by atoms with Crippen molar-refractivity contribution in [3.63, 3.8) is 0 Å². The van der Waals surface area contributed by atoms with Crippen molar-refractivity contribution in [3.05, 3.63) is 0 Å². The average molecular weight is 475 g/mol. The SMILES string of the molecule is CCCCCCCCCCCCCCCC[N+](C)(C)C.[O-][I+3]([O-])([O-])[O-]. The molecule has 0 fully saturated rings. The molecule has 0 amide bonds. The third kappa shape index (κ3) is 40.5. The van der Waals surface area contributed by atoms with Crippen LogP contribution in [0.3, 0.4) is 0 Å². The van der Waals surface area contributed by atoms with E-state index in [-0.39, 0.29) is 0 Å². The first kappa shape index (κ1) is 27.7. The molecule has 0 radical (unpaired) electrons. The van der Waals surface area contributed by atoms with Crippen molar-refractivity contribution in [2.75, 3.05) is 27.7 Å². The molecule has 0 aromatic heterocycles. The molecule has 0 atom stereocenters. The van der Waals surface area contributed by atoms with Crippen LogP contribution in [0.1, 0.15) is 96.8 Å². The number of hydrogen-bond donors (Lipinski definition) is 0. The van der Waals surface area contributed by atoms with Gasteiger partial charge < -0.3 is 4.48 Å². The molecule has 5 nitrogen and oxygen atoms in total. The van der Waals surface area contributed by atoms with E-state index in [1.54, 1.807) is 0 Å². The van der Waals surface area contributed by atoms with E-state index in [0.29, 0.717) is 0 Å². The third-order valence-electron chi connectivity index (χ3n) is 4.18. The normalized spacial score (nSPS) is 12.0. The molecule has 0 N–H and O–H groups in total. The highest BCUT2D eigenvalue weighted by Crippen LogP contribution is 2.13. The fourth-order valence-electron chi connectivity index (χ4n) is 2.78. The number of hydrogen-bond acceptors (Lipinski definition) is 4. The van der Waals surface area contributed by atoms with Gasteiger partial charge in [0.2, 0.25) is 0 Å². The lowest BCUT2D eigenvalue weighted by Crippen LogP contribution is -4.29. The van der Waals surface area contributed by atoms with Crippen molar-refractivity contribution < 1.29 is 38.3 Å². The summed E-state index contributed by atoms with van der Waals surface area (Å²) in [7, 11) is 6.88. The maximum Gasteiger partial charge on any atom is 0.144 e. The maximum atomic E-state index is 8.62. The molecule has 0 aromatic rings. The molecule has 0 aliphatic carbocycles. The predicted molar refractivity (Wildman–Crippen MR) is 93.2 cm³/mol. The van der Waals surface area contributed by atoms with Crippen molar-refractivity contribution in [3.8, 4) is 0 Å². The quantitative estimate of drug-likeness (QED) is 0.162. The molecule has 0 heterocycles. The predicted octanol–water partition coefficient (Wildman–Crippen LogP) is -1.58. The Labute approximate surface area is 162 Å². The summed E-state index contributed by atoms with van der Waals surface area (Å²) in [4.78, 5) is 0. The first-order chi connectivity index (χ1) is 11.6. The van der Waals surface area contributed by atoms with Crippen LogP contribution >= 0.6 is 0 Å². The van der Waals surface area contributed by atoms with Crippen LogP contribution in [-0.2, 0) is 0 Å². The number of quaternary nitrogens is 1. The lowest BCUT2D eigenvalue weighted by molar-refractivity contribution is -2.00. The lowest BCUT2D eigenvalue weighted by atomic mass is 10.0. The van der Waals surface area contributed by atoms with Crippen LogP contribution in [0.5, 0.6) is 0 Å². The monoisotopic (exact) mass is 475 g/mol. The van der Waals surface area contributed by atoms with Crippen molar-refractivity contribution in [2.45, 2.75) is 96.8 Å². The second kappa shape index (κ2) is 17.9. The fraction of sp³-hybridized carbons (Fsp3) is 1.00. The number of nitrogens with zero attached hydrogens (tertiary/aromatic N) is 1. The minimum atomic E-state index is -5.94. The second-order valence-electron chi connectivity index (χ2n) is 7.99. The van der Waals surface area contributed by atoms with Crippen LogP contribution in [0.4, 0.5) is 0 Å². The highest BCUT2D eigenvalue weighted by molar-refractivity contribution is 4.49.